The molecule has 2 heterocycles. The standard InChI is InChI=1S/C16H16ClFN2O/c1-10-14(19-9-11-4-2-5-12(18)8-11)13-6-3-7-21-16(13)20-15(10)17/h2,4-5,8H,3,6-7,9H2,1H3,(H,19,20). The molecule has 0 radical (unpaired) electrons. The molecular weight excluding hydrogens is 291 g/mol. The highest BCUT2D eigenvalue weighted by atomic mass is 35.5. The molecule has 0 aliphatic carbocycles. The Bertz CT molecular complexity index is 676. The number of fused-ring (bicyclic) bond motifs is 1. The first-order valence-electron chi connectivity index (χ1n) is 6.95. The van der Waals surface area contributed by atoms with Crippen molar-refractivity contribution in [3.63, 3.8) is 0 Å². The summed E-state index contributed by atoms with van der Waals surface area (Å²) in [6, 6.07) is 6.55. The Balaban J connectivity index is 1.89. The van der Waals surface area contributed by atoms with Gasteiger partial charge in [0.1, 0.15) is 11.0 Å². The van der Waals surface area contributed by atoms with Gasteiger partial charge < -0.3 is 10.1 Å². The molecule has 3 rings (SSSR count). The Morgan fingerprint density at radius 2 is 2.29 bits per heavy atom. The van der Waals surface area contributed by atoms with Crippen LogP contribution in [0.4, 0.5) is 10.1 Å². The van der Waals surface area contributed by atoms with Crippen molar-refractivity contribution in [3.8, 4) is 5.88 Å². The van der Waals surface area contributed by atoms with Gasteiger partial charge >= 0.3 is 0 Å². The smallest absolute Gasteiger partial charge is 0.220 e. The first-order chi connectivity index (χ1) is 10.1. The molecular formula is C16H16ClFN2O. The summed E-state index contributed by atoms with van der Waals surface area (Å²) >= 11 is 6.17. The number of nitrogens with one attached hydrogen (secondary N) is 1. The lowest BCUT2D eigenvalue weighted by molar-refractivity contribution is 0.276. The van der Waals surface area contributed by atoms with Gasteiger partial charge in [0.25, 0.3) is 0 Å². The monoisotopic (exact) mass is 306 g/mol. The van der Waals surface area contributed by atoms with E-state index in [0.717, 1.165) is 35.2 Å². The summed E-state index contributed by atoms with van der Waals surface area (Å²) in [5.41, 5.74) is 3.79. The quantitative estimate of drug-likeness (QED) is 0.866. The molecule has 1 aromatic carbocycles. The van der Waals surface area contributed by atoms with Crippen LogP contribution in [0, 0.1) is 12.7 Å². The maximum atomic E-state index is 13.2. The summed E-state index contributed by atoms with van der Waals surface area (Å²) in [5.74, 6) is 0.378. The normalized spacial score (nSPS) is 13.5. The minimum Gasteiger partial charge on any atom is -0.477 e. The van der Waals surface area contributed by atoms with Crippen LogP contribution < -0.4 is 10.1 Å². The zero-order valence-corrected chi connectivity index (χ0v) is 12.5. The van der Waals surface area contributed by atoms with Crippen molar-refractivity contribution in [2.75, 3.05) is 11.9 Å². The fourth-order valence-corrected chi connectivity index (χ4v) is 2.69. The van der Waals surface area contributed by atoms with E-state index in [2.05, 4.69) is 10.3 Å². The fraction of sp³-hybridized carbons (Fsp3) is 0.312. The van der Waals surface area contributed by atoms with Gasteiger partial charge in [-0.1, -0.05) is 23.7 Å². The van der Waals surface area contributed by atoms with E-state index < -0.39 is 0 Å². The van der Waals surface area contributed by atoms with Gasteiger partial charge in [-0.3, -0.25) is 0 Å². The molecule has 0 saturated heterocycles. The van der Waals surface area contributed by atoms with E-state index in [0.29, 0.717) is 24.2 Å². The van der Waals surface area contributed by atoms with Crippen LogP contribution in [0.5, 0.6) is 5.88 Å². The molecule has 1 aliphatic rings. The second-order valence-corrected chi connectivity index (χ2v) is 5.48. The molecule has 110 valence electrons. The number of hydrogen-bond donors (Lipinski definition) is 1. The molecule has 1 aliphatic heterocycles. The molecule has 0 spiro atoms. The highest BCUT2D eigenvalue weighted by Gasteiger charge is 2.20. The Kier molecular flexibility index (Phi) is 3.97. The van der Waals surface area contributed by atoms with Crippen molar-refractivity contribution in [1.82, 2.24) is 4.98 Å². The summed E-state index contributed by atoms with van der Waals surface area (Å²) in [6.07, 6.45) is 1.87. The fourth-order valence-electron chi connectivity index (χ4n) is 2.52. The van der Waals surface area contributed by atoms with E-state index in [1.807, 2.05) is 13.0 Å². The largest absolute Gasteiger partial charge is 0.477 e. The average Bonchev–Trinajstić information content (AvgIpc) is 2.48. The van der Waals surface area contributed by atoms with Crippen molar-refractivity contribution >= 4 is 17.3 Å². The van der Waals surface area contributed by atoms with Gasteiger partial charge in [-0.2, -0.15) is 0 Å². The van der Waals surface area contributed by atoms with Crippen LogP contribution >= 0.6 is 11.6 Å². The molecule has 3 nitrogen and oxygen atoms in total. The number of nitrogens with zero attached hydrogens (tertiary/aromatic N) is 1. The number of hydrogen-bond acceptors (Lipinski definition) is 3. The molecule has 1 N–H and O–H groups in total. The lowest BCUT2D eigenvalue weighted by atomic mass is 10.0. The summed E-state index contributed by atoms with van der Waals surface area (Å²) in [6.45, 7) is 3.13. The number of rotatable bonds is 3. The topological polar surface area (TPSA) is 34.2 Å². The number of pyridine rings is 1. The van der Waals surface area contributed by atoms with Crippen molar-refractivity contribution in [2.45, 2.75) is 26.3 Å². The Labute approximate surface area is 128 Å². The van der Waals surface area contributed by atoms with Crippen molar-refractivity contribution in [1.29, 1.82) is 0 Å². The lowest BCUT2D eigenvalue weighted by Gasteiger charge is -2.22. The number of ether oxygens (including phenoxy) is 1. The van der Waals surface area contributed by atoms with Crippen molar-refractivity contribution < 1.29 is 9.13 Å². The third-order valence-corrected chi connectivity index (χ3v) is 3.98. The molecule has 21 heavy (non-hydrogen) atoms. The molecule has 0 bridgehead atoms. The predicted molar refractivity (Wildman–Crippen MR) is 81.5 cm³/mol. The molecule has 0 fully saturated rings. The zero-order valence-electron chi connectivity index (χ0n) is 11.7. The van der Waals surface area contributed by atoms with Gasteiger partial charge in [-0.25, -0.2) is 9.37 Å². The van der Waals surface area contributed by atoms with Crippen molar-refractivity contribution in [2.24, 2.45) is 0 Å². The Morgan fingerprint density at radius 1 is 1.43 bits per heavy atom. The van der Waals surface area contributed by atoms with Crippen LogP contribution in [0.15, 0.2) is 24.3 Å². The first kappa shape index (κ1) is 14.1. The highest BCUT2D eigenvalue weighted by Crippen LogP contribution is 2.35. The number of anilines is 1. The van der Waals surface area contributed by atoms with Crippen LogP contribution in [0.1, 0.15) is 23.1 Å². The molecule has 0 saturated carbocycles. The first-order valence-corrected chi connectivity index (χ1v) is 7.33. The van der Waals surface area contributed by atoms with E-state index in [-0.39, 0.29) is 5.82 Å². The molecule has 0 unspecified atom stereocenters. The SMILES string of the molecule is Cc1c(Cl)nc2c(c1NCc1cccc(F)c1)CCCO2. The number of aromatic nitrogens is 1. The zero-order chi connectivity index (χ0) is 14.8. The van der Waals surface area contributed by atoms with Crippen LogP contribution in [0.25, 0.3) is 0 Å². The van der Waals surface area contributed by atoms with E-state index in [1.54, 1.807) is 6.07 Å². The minimum absolute atomic E-state index is 0.232. The summed E-state index contributed by atoms with van der Waals surface area (Å²) in [5, 5.41) is 3.80. The van der Waals surface area contributed by atoms with Crippen LogP contribution in [0.2, 0.25) is 5.15 Å². The number of halogens is 2. The maximum absolute atomic E-state index is 13.2. The maximum Gasteiger partial charge on any atom is 0.220 e. The molecule has 0 atom stereocenters. The van der Waals surface area contributed by atoms with Gasteiger partial charge in [-0.05, 0) is 37.5 Å². The summed E-state index contributed by atoms with van der Waals surface area (Å²) in [7, 11) is 0. The van der Waals surface area contributed by atoms with Crippen LogP contribution in [-0.2, 0) is 13.0 Å². The predicted octanol–water partition coefficient (Wildman–Crippen LogP) is 4.12. The average molecular weight is 307 g/mol. The van der Waals surface area contributed by atoms with Gasteiger partial charge in [0.2, 0.25) is 5.88 Å². The van der Waals surface area contributed by atoms with E-state index in [9.17, 15) is 4.39 Å². The Hall–Kier alpha value is -1.81. The highest BCUT2D eigenvalue weighted by molar-refractivity contribution is 6.30. The number of benzene rings is 1. The van der Waals surface area contributed by atoms with Gasteiger partial charge in [-0.15, -0.1) is 0 Å². The molecule has 5 heteroatoms. The van der Waals surface area contributed by atoms with Crippen molar-refractivity contribution in [3.05, 3.63) is 51.9 Å². The third-order valence-electron chi connectivity index (χ3n) is 3.61. The van der Waals surface area contributed by atoms with Gasteiger partial charge in [0.05, 0.1) is 6.61 Å². The molecule has 2 aromatic rings. The van der Waals surface area contributed by atoms with Crippen LogP contribution in [-0.4, -0.2) is 11.6 Å². The second-order valence-electron chi connectivity index (χ2n) is 5.12. The molecule has 0 amide bonds. The second kappa shape index (κ2) is 5.90. The van der Waals surface area contributed by atoms with Crippen LogP contribution in [0.3, 0.4) is 0 Å². The van der Waals surface area contributed by atoms with E-state index in [1.165, 1.54) is 12.1 Å². The third kappa shape index (κ3) is 2.95. The summed E-state index contributed by atoms with van der Waals surface area (Å²) in [4.78, 5) is 4.29. The van der Waals surface area contributed by atoms with Gasteiger partial charge in [0.15, 0.2) is 0 Å². The Morgan fingerprint density at radius 3 is 3.10 bits per heavy atom. The summed E-state index contributed by atoms with van der Waals surface area (Å²) < 4.78 is 18.8. The molecule has 1 aromatic heterocycles. The minimum atomic E-state index is -0.232. The van der Waals surface area contributed by atoms with E-state index >= 15 is 0 Å². The van der Waals surface area contributed by atoms with Gasteiger partial charge in [0, 0.05) is 23.4 Å². The van der Waals surface area contributed by atoms with E-state index in [4.69, 9.17) is 16.3 Å². The lowest BCUT2D eigenvalue weighted by Crippen LogP contribution is -2.14.